The summed E-state index contributed by atoms with van der Waals surface area (Å²) in [5, 5.41) is 3.34. The predicted octanol–water partition coefficient (Wildman–Crippen LogP) is 1.32. The number of nitrogens with zero attached hydrogens (tertiary/aromatic N) is 4. The molecule has 0 aromatic rings. The van der Waals surface area contributed by atoms with Crippen LogP contribution in [0.25, 0.3) is 10.4 Å². The van der Waals surface area contributed by atoms with E-state index in [2.05, 4.69) is 10.0 Å². The first-order chi connectivity index (χ1) is 7.83. The number of hydrogen-bond donors (Lipinski definition) is 0. The minimum absolute atomic E-state index is 0.0693. The van der Waals surface area contributed by atoms with E-state index in [0.717, 1.165) is 25.9 Å². The van der Waals surface area contributed by atoms with E-state index in [1.165, 1.54) is 0 Å². The maximum Gasteiger partial charge on any atom is 0.228 e. The first-order valence-electron chi connectivity index (χ1n) is 5.71. The molecule has 0 aromatic heterocycles. The number of amides is 1. The summed E-state index contributed by atoms with van der Waals surface area (Å²) in [6.07, 6.45) is 3.34. The van der Waals surface area contributed by atoms with E-state index in [9.17, 15) is 4.79 Å². The molecule has 1 saturated carbocycles. The summed E-state index contributed by atoms with van der Waals surface area (Å²) in [5.41, 5.74) is 8.22. The topological polar surface area (TPSA) is 78.3 Å². The number of carbonyl (C=O) groups is 1. The van der Waals surface area contributed by atoms with Gasteiger partial charge < -0.3 is 9.64 Å². The minimum atomic E-state index is -0.0697. The molecular weight excluding hydrogens is 208 g/mol. The fraction of sp³-hybridized carbons (Fsp3) is 0.900. The third-order valence-corrected chi connectivity index (χ3v) is 3.42. The molecule has 2 aliphatic rings. The van der Waals surface area contributed by atoms with Crippen molar-refractivity contribution in [1.82, 2.24) is 4.90 Å². The van der Waals surface area contributed by atoms with Crippen LogP contribution in [0.15, 0.2) is 5.11 Å². The Morgan fingerprint density at radius 2 is 2.44 bits per heavy atom. The highest BCUT2D eigenvalue weighted by Gasteiger charge is 2.35. The molecule has 16 heavy (non-hydrogen) atoms. The number of rotatable bonds is 2. The van der Waals surface area contributed by atoms with Crippen LogP contribution in [0.3, 0.4) is 0 Å². The van der Waals surface area contributed by atoms with Crippen molar-refractivity contribution >= 4 is 5.91 Å². The Morgan fingerprint density at radius 3 is 3.25 bits per heavy atom. The lowest BCUT2D eigenvalue weighted by Gasteiger charge is -2.29. The first kappa shape index (κ1) is 11.2. The zero-order valence-corrected chi connectivity index (χ0v) is 9.21. The van der Waals surface area contributed by atoms with Crippen LogP contribution in [0.1, 0.15) is 19.3 Å². The van der Waals surface area contributed by atoms with Gasteiger partial charge in [0.2, 0.25) is 5.91 Å². The van der Waals surface area contributed by atoms with Crippen LogP contribution < -0.4 is 0 Å². The summed E-state index contributed by atoms with van der Waals surface area (Å²) in [7, 11) is 0. The summed E-state index contributed by atoms with van der Waals surface area (Å²) < 4.78 is 5.50. The summed E-state index contributed by atoms with van der Waals surface area (Å²) in [6, 6.07) is 0.295. The lowest BCUT2D eigenvalue weighted by Crippen LogP contribution is -2.43. The largest absolute Gasteiger partial charge is 0.379 e. The highest BCUT2D eigenvalue weighted by atomic mass is 16.5. The van der Waals surface area contributed by atoms with Gasteiger partial charge in [0.25, 0.3) is 0 Å². The average molecular weight is 224 g/mol. The van der Waals surface area contributed by atoms with Crippen molar-refractivity contribution in [3.63, 3.8) is 0 Å². The average Bonchev–Trinajstić information content (AvgIpc) is 2.66. The molecule has 1 heterocycles. The molecule has 1 aliphatic heterocycles. The van der Waals surface area contributed by atoms with E-state index in [1.807, 2.05) is 4.90 Å². The Labute approximate surface area is 94.2 Å². The van der Waals surface area contributed by atoms with Crippen molar-refractivity contribution < 1.29 is 9.53 Å². The van der Waals surface area contributed by atoms with Gasteiger partial charge in [-0.05, 0) is 18.4 Å². The smallest absolute Gasteiger partial charge is 0.228 e. The molecule has 1 saturated heterocycles. The Balaban J connectivity index is 2.05. The molecule has 1 amide bonds. The molecule has 0 spiro atoms. The molecule has 6 nitrogen and oxygen atoms in total. The van der Waals surface area contributed by atoms with Gasteiger partial charge in [-0.2, -0.15) is 0 Å². The Bertz CT molecular complexity index is 314. The van der Waals surface area contributed by atoms with E-state index in [0.29, 0.717) is 25.1 Å². The molecule has 0 bridgehead atoms. The van der Waals surface area contributed by atoms with E-state index >= 15 is 0 Å². The standard InChI is InChI=1S/C10H16N4O2/c11-13-12-6-10(15)14-4-5-16-7-8-2-1-3-9(8)14/h8-9H,1-7H2/t8-,9-/m0/s1. The Hall–Kier alpha value is -1.26. The van der Waals surface area contributed by atoms with Gasteiger partial charge in [-0.1, -0.05) is 11.5 Å². The van der Waals surface area contributed by atoms with Crippen molar-refractivity contribution in [2.75, 3.05) is 26.3 Å². The highest BCUT2D eigenvalue weighted by molar-refractivity contribution is 5.78. The second-order valence-electron chi connectivity index (χ2n) is 4.31. The van der Waals surface area contributed by atoms with Gasteiger partial charge in [0, 0.05) is 23.4 Å². The number of ether oxygens (including phenoxy) is 1. The normalized spacial score (nSPS) is 29.1. The van der Waals surface area contributed by atoms with Gasteiger partial charge in [-0.3, -0.25) is 4.79 Å². The second-order valence-corrected chi connectivity index (χ2v) is 4.31. The number of hydrogen-bond acceptors (Lipinski definition) is 3. The third-order valence-electron chi connectivity index (χ3n) is 3.42. The van der Waals surface area contributed by atoms with Gasteiger partial charge in [0.05, 0.1) is 13.2 Å². The van der Waals surface area contributed by atoms with Crippen LogP contribution in [-0.4, -0.2) is 43.2 Å². The molecule has 2 fully saturated rings. The number of azide groups is 1. The van der Waals surface area contributed by atoms with Crippen LogP contribution in [0.5, 0.6) is 0 Å². The Kier molecular flexibility index (Phi) is 3.64. The fourth-order valence-corrected chi connectivity index (χ4v) is 2.68. The first-order valence-corrected chi connectivity index (χ1v) is 5.71. The second kappa shape index (κ2) is 5.18. The number of carbonyl (C=O) groups excluding carboxylic acids is 1. The SMILES string of the molecule is [N-]=[N+]=NCC(=O)N1CCOC[C@@H]2CCC[C@@H]21. The molecule has 0 aromatic carbocycles. The van der Waals surface area contributed by atoms with Crippen molar-refractivity contribution in [2.45, 2.75) is 25.3 Å². The van der Waals surface area contributed by atoms with E-state index < -0.39 is 0 Å². The van der Waals surface area contributed by atoms with Gasteiger partial charge in [-0.15, -0.1) is 0 Å². The summed E-state index contributed by atoms with van der Waals surface area (Å²) in [5.74, 6) is 0.401. The van der Waals surface area contributed by atoms with Crippen LogP contribution in [0.2, 0.25) is 0 Å². The highest BCUT2D eigenvalue weighted by Crippen LogP contribution is 2.31. The lowest BCUT2D eigenvalue weighted by atomic mass is 10.0. The summed E-state index contributed by atoms with van der Waals surface area (Å²) >= 11 is 0. The summed E-state index contributed by atoms with van der Waals surface area (Å²) in [4.78, 5) is 16.3. The monoisotopic (exact) mass is 224 g/mol. The molecule has 1 aliphatic carbocycles. The van der Waals surface area contributed by atoms with Crippen molar-refractivity contribution in [1.29, 1.82) is 0 Å². The fourth-order valence-electron chi connectivity index (χ4n) is 2.68. The molecule has 2 rings (SSSR count). The zero-order chi connectivity index (χ0) is 11.4. The third kappa shape index (κ3) is 2.28. The summed E-state index contributed by atoms with van der Waals surface area (Å²) in [6.45, 7) is 1.91. The van der Waals surface area contributed by atoms with E-state index in [1.54, 1.807) is 0 Å². The minimum Gasteiger partial charge on any atom is -0.379 e. The molecule has 0 radical (unpaired) electrons. The van der Waals surface area contributed by atoms with Gasteiger partial charge >= 0.3 is 0 Å². The molecule has 0 unspecified atom stereocenters. The van der Waals surface area contributed by atoms with Crippen LogP contribution in [0.4, 0.5) is 0 Å². The maximum absolute atomic E-state index is 11.9. The lowest BCUT2D eigenvalue weighted by molar-refractivity contribution is -0.132. The van der Waals surface area contributed by atoms with Crippen LogP contribution in [-0.2, 0) is 9.53 Å². The molecule has 2 atom stereocenters. The predicted molar refractivity (Wildman–Crippen MR) is 57.7 cm³/mol. The van der Waals surface area contributed by atoms with Gasteiger partial charge in [-0.25, -0.2) is 0 Å². The Morgan fingerprint density at radius 1 is 1.56 bits per heavy atom. The maximum atomic E-state index is 11.9. The van der Waals surface area contributed by atoms with Crippen molar-refractivity contribution in [3.8, 4) is 0 Å². The molecule has 6 heteroatoms. The van der Waals surface area contributed by atoms with Crippen LogP contribution >= 0.6 is 0 Å². The van der Waals surface area contributed by atoms with E-state index in [4.69, 9.17) is 10.3 Å². The van der Waals surface area contributed by atoms with E-state index in [-0.39, 0.29) is 12.5 Å². The van der Waals surface area contributed by atoms with Gasteiger partial charge in [0.1, 0.15) is 6.54 Å². The van der Waals surface area contributed by atoms with Crippen LogP contribution in [0, 0.1) is 5.92 Å². The number of fused-ring (bicyclic) bond motifs is 1. The molecule has 88 valence electrons. The van der Waals surface area contributed by atoms with Crippen molar-refractivity contribution in [2.24, 2.45) is 11.0 Å². The van der Waals surface area contributed by atoms with Crippen molar-refractivity contribution in [3.05, 3.63) is 10.4 Å². The quantitative estimate of drug-likeness (QED) is 0.403. The zero-order valence-electron chi connectivity index (χ0n) is 9.21. The molecule has 0 N–H and O–H groups in total. The molecular formula is C10H16N4O2. The van der Waals surface area contributed by atoms with Gasteiger partial charge in [0.15, 0.2) is 0 Å².